The largest absolute Gasteiger partial charge is 0.474 e. The molecule has 2 rings (SSSR count). The van der Waals surface area contributed by atoms with E-state index >= 15 is 0 Å². The van der Waals surface area contributed by atoms with E-state index in [0.29, 0.717) is 18.4 Å². The number of allylic oxidation sites excluding steroid dienone is 1. The van der Waals surface area contributed by atoms with Crippen LogP contribution in [0.5, 0.6) is 0 Å². The Balaban J connectivity index is 2.08. The zero-order valence-electron chi connectivity index (χ0n) is 10.6. The van der Waals surface area contributed by atoms with Gasteiger partial charge in [-0.3, -0.25) is 4.99 Å². The molecule has 1 aliphatic rings. The van der Waals surface area contributed by atoms with Crippen LogP contribution in [0.2, 0.25) is 0 Å². The highest BCUT2D eigenvalue weighted by Gasteiger charge is 2.26. The van der Waals surface area contributed by atoms with Gasteiger partial charge in [-0.2, -0.15) is 0 Å². The maximum Gasteiger partial charge on any atom is 0.185 e. The van der Waals surface area contributed by atoms with Crippen molar-refractivity contribution in [2.45, 2.75) is 25.4 Å². The summed E-state index contributed by atoms with van der Waals surface area (Å²) in [5.41, 5.74) is 14.8. The summed E-state index contributed by atoms with van der Waals surface area (Å²) in [6.45, 7) is 0.415. The molecule has 0 unspecified atom stereocenters. The summed E-state index contributed by atoms with van der Waals surface area (Å²) in [7, 11) is 1.68. The van der Waals surface area contributed by atoms with E-state index in [4.69, 9.17) is 16.2 Å². The monoisotopic (exact) mass is 245 g/mol. The maximum absolute atomic E-state index is 6.01. The standard InChI is InChI=1S/C14H19N3O/c1-17-8-7-14(16)18-9-12-11(10-5-6-10)3-2-4-13(12)15/h2-4,7-8,10H,5-6,9,15-16H2,1H3. The van der Waals surface area contributed by atoms with E-state index in [1.165, 1.54) is 18.4 Å². The molecule has 0 aromatic heterocycles. The number of rotatable bonds is 5. The highest BCUT2D eigenvalue weighted by Crippen LogP contribution is 2.43. The van der Waals surface area contributed by atoms with Gasteiger partial charge in [0.1, 0.15) is 6.61 Å². The van der Waals surface area contributed by atoms with Crippen LogP contribution in [0.3, 0.4) is 0 Å². The average molecular weight is 245 g/mol. The first-order valence-corrected chi connectivity index (χ1v) is 6.10. The summed E-state index contributed by atoms with van der Waals surface area (Å²) in [4.78, 5) is 3.82. The molecular formula is C14H19N3O. The van der Waals surface area contributed by atoms with Crippen LogP contribution in [0, 0.1) is 0 Å². The molecule has 0 atom stereocenters. The van der Waals surface area contributed by atoms with Crippen LogP contribution in [-0.2, 0) is 11.3 Å². The van der Waals surface area contributed by atoms with Gasteiger partial charge < -0.3 is 16.2 Å². The number of hydrogen-bond acceptors (Lipinski definition) is 4. The molecule has 4 heteroatoms. The van der Waals surface area contributed by atoms with Gasteiger partial charge >= 0.3 is 0 Å². The molecule has 0 bridgehead atoms. The molecule has 18 heavy (non-hydrogen) atoms. The predicted octanol–water partition coefficient (Wildman–Crippen LogP) is 2.16. The minimum absolute atomic E-state index is 0.352. The predicted molar refractivity (Wildman–Crippen MR) is 74.3 cm³/mol. The number of ether oxygens (including phenoxy) is 1. The van der Waals surface area contributed by atoms with Crippen LogP contribution < -0.4 is 11.5 Å². The van der Waals surface area contributed by atoms with Crippen molar-refractivity contribution in [3.05, 3.63) is 41.3 Å². The summed E-state index contributed by atoms with van der Waals surface area (Å²) in [6, 6.07) is 6.02. The normalized spacial score (nSPS) is 16.2. The molecule has 0 amide bonds. The SMILES string of the molecule is CN=CC=C(N)OCc1c(N)cccc1C1CC1. The number of anilines is 1. The van der Waals surface area contributed by atoms with E-state index < -0.39 is 0 Å². The molecule has 1 aromatic rings. The quantitative estimate of drug-likeness (QED) is 0.474. The fourth-order valence-electron chi connectivity index (χ4n) is 1.92. The number of nitrogen functional groups attached to an aromatic ring is 1. The summed E-state index contributed by atoms with van der Waals surface area (Å²) >= 11 is 0. The first-order valence-electron chi connectivity index (χ1n) is 6.10. The molecule has 1 aliphatic carbocycles. The molecule has 0 spiro atoms. The van der Waals surface area contributed by atoms with Crippen molar-refractivity contribution in [3.63, 3.8) is 0 Å². The minimum Gasteiger partial charge on any atom is -0.474 e. The van der Waals surface area contributed by atoms with Gasteiger partial charge in [-0.1, -0.05) is 12.1 Å². The van der Waals surface area contributed by atoms with Crippen LogP contribution >= 0.6 is 0 Å². The van der Waals surface area contributed by atoms with Gasteiger partial charge in [0.15, 0.2) is 5.88 Å². The minimum atomic E-state index is 0.352. The van der Waals surface area contributed by atoms with Crippen molar-refractivity contribution in [1.29, 1.82) is 0 Å². The number of hydrogen-bond donors (Lipinski definition) is 2. The van der Waals surface area contributed by atoms with Crippen molar-refractivity contribution < 1.29 is 4.74 Å². The summed E-state index contributed by atoms with van der Waals surface area (Å²) in [5, 5.41) is 0. The van der Waals surface area contributed by atoms with Crippen LogP contribution in [0.15, 0.2) is 35.2 Å². The molecule has 0 radical (unpaired) electrons. The molecule has 0 heterocycles. The number of nitrogens with zero attached hydrogens (tertiary/aromatic N) is 1. The molecule has 1 fully saturated rings. The lowest BCUT2D eigenvalue weighted by Crippen LogP contribution is -2.07. The van der Waals surface area contributed by atoms with Gasteiger partial charge in [-0.15, -0.1) is 0 Å². The average Bonchev–Trinajstić information content (AvgIpc) is 3.18. The fraction of sp³-hybridized carbons (Fsp3) is 0.357. The fourth-order valence-corrected chi connectivity index (χ4v) is 1.92. The highest BCUT2D eigenvalue weighted by atomic mass is 16.5. The molecule has 1 saturated carbocycles. The number of aliphatic imine (C=N–C) groups is 1. The lowest BCUT2D eigenvalue weighted by Gasteiger charge is -2.13. The van der Waals surface area contributed by atoms with E-state index in [0.717, 1.165) is 11.3 Å². The second kappa shape index (κ2) is 5.58. The second-order valence-corrected chi connectivity index (χ2v) is 4.45. The lowest BCUT2D eigenvalue weighted by molar-refractivity contribution is 0.196. The van der Waals surface area contributed by atoms with Crippen LogP contribution in [0.25, 0.3) is 0 Å². The smallest absolute Gasteiger partial charge is 0.185 e. The molecular weight excluding hydrogens is 226 g/mol. The summed E-state index contributed by atoms with van der Waals surface area (Å²) in [5.74, 6) is 1.00. The van der Waals surface area contributed by atoms with E-state index in [1.54, 1.807) is 19.3 Å². The van der Waals surface area contributed by atoms with Crippen molar-refractivity contribution >= 4 is 11.9 Å². The van der Waals surface area contributed by atoms with Crippen molar-refractivity contribution in [2.75, 3.05) is 12.8 Å². The van der Waals surface area contributed by atoms with Gasteiger partial charge in [0.25, 0.3) is 0 Å². The van der Waals surface area contributed by atoms with Gasteiger partial charge in [-0.05, 0) is 30.4 Å². The first-order chi connectivity index (χ1) is 8.72. The zero-order chi connectivity index (χ0) is 13.0. The van der Waals surface area contributed by atoms with Gasteiger partial charge in [0.05, 0.1) is 0 Å². The first kappa shape index (κ1) is 12.5. The van der Waals surface area contributed by atoms with E-state index in [2.05, 4.69) is 11.1 Å². The number of nitrogens with two attached hydrogens (primary N) is 2. The van der Waals surface area contributed by atoms with Gasteiger partial charge in [0, 0.05) is 30.6 Å². The molecule has 96 valence electrons. The van der Waals surface area contributed by atoms with Crippen LogP contribution in [0.1, 0.15) is 29.9 Å². The maximum atomic E-state index is 6.01. The Kier molecular flexibility index (Phi) is 3.87. The summed E-state index contributed by atoms with van der Waals surface area (Å²) in [6.07, 6.45) is 5.72. The Morgan fingerprint density at radius 1 is 1.50 bits per heavy atom. The zero-order valence-corrected chi connectivity index (χ0v) is 10.6. The molecule has 0 aliphatic heterocycles. The third-order valence-electron chi connectivity index (χ3n) is 3.04. The van der Waals surface area contributed by atoms with Crippen LogP contribution in [0.4, 0.5) is 5.69 Å². The Labute approximate surface area is 107 Å². The van der Waals surface area contributed by atoms with Gasteiger partial charge in [0.2, 0.25) is 0 Å². The molecule has 4 N–H and O–H groups in total. The number of benzene rings is 1. The third kappa shape index (κ3) is 3.03. The highest BCUT2D eigenvalue weighted by molar-refractivity contribution is 5.71. The molecule has 4 nitrogen and oxygen atoms in total. The Morgan fingerprint density at radius 3 is 2.94 bits per heavy atom. The van der Waals surface area contributed by atoms with Crippen LogP contribution in [-0.4, -0.2) is 13.3 Å². The van der Waals surface area contributed by atoms with Crippen molar-refractivity contribution in [2.24, 2.45) is 10.7 Å². The van der Waals surface area contributed by atoms with E-state index in [-0.39, 0.29) is 0 Å². The Bertz CT molecular complexity index is 476. The Morgan fingerprint density at radius 2 is 2.28 bits per heavy atom. The van der Waals surface area contributed by atoms with Gasteiger partial charge in [-0.25, -0.2) is 0 Å². The topological polar surface area (TPSA) is 73.6 Å². The van der Waals surface area contributed by atoms with E-state index in [1.807, 2.05) is 12.1 Å². The second-order valence-electron chi connectivity index (χ2n) is 4.45. The molecule has 0 saturated heterocycles. The third-order valence-corrected chi connectivity index (χ3v) is 3.04. The lowest BCUT2D eigenvalue weighted by atomic mass is 10.0. The van der Waals surface area contributed by atoms with Crippen molar-refractivity contribution in [3.8, 4) is 0 Å². The molecule has 1 aromatic carbocycles. The summed E-state index contributed by atoms with van der Waals surface area (Å²) < 4.78 is 5.50. The van der Waals surface area contributed by atoms with Crippen molar-refractivity contribution in [1.82, 2.24) is 0 Å². The van der Waals surface area contributed by atoms with E-state index in [9.17, 15) is 0 Å². The Hall–Kier alpha value is -1.97.